The van der Waals surface area contributed by atoms with Crippen LogP contribution in [0.25, 0.3) is 0 Å². The summed E-state index contributed by atoms with van der Waals surface area (Å²) in [6, 6.07) is 5.44. The van der Waals surface area contributed by atoms with Crippen molar-refractivity contribution >= 4 is 11.6 Å². The van der Waals surface area contributed by atoms with Crippen LogP contribution in [0.15, 0.2) is 24.3 Å². The molecular weight excluding hydrogens is 235 g/mol. The zero-order valence-corrected chi connectivity index (χ0v) is 10.3. The molecule has 1 heterocycles. The lowest BCUT2D eigenvalue weighted by Gasteiger charge is -2.29. The van der Waals surface area contributed by atoms with Crippen molar-refractivity contribution in [3.05, 3.63) is 30.1 Å². The van der Waals surface area contributed by atoms with Crippen molar-refractivity contribution in [2.24, 2.45) is 0 Å². The van der Waals surface area contributed by atoms with E-state index >= 15 is 0 Å². The quantitative estimate of drug-likeness (QED) is 0.822. The largest absolute Gasteiger partial charge is 0.394 e. The highest BCUT2D eigenvalue weighted by atomic mass is 19.1. The summed E-state index contributed by atoms with van der Waals surface area (Å²) >= 11 is 0. The molecule has 1 aliphatic heterocycles. The molecule has 1 saturated heterocycles. The second-order valence-corrected chi connectivity index (χ2v) is 4.57. The average molecular weight is 252 g/mol. The highest BCUT2D eigenvalue weighted by molar-refractivity contribution is 5.86. The van der Waals surface area contributed by atoms with Gasteiger partial charge in [0.05, 0.1) is 6.61 Å². The van der Waals surface area contributed by atoms with E-state index in [4.69, 9.17) is 0 Å². The second-order valence-electron chi connectivity index (χ2n) is 4.57. The molecule has 0 radical (unpaired) electrons. The van der Waals surface area contributed by atoms with Crippen molar-refractivity contribution in [2.45, 2.75) is 25.4 Å². The van der Waals surface area contributed by atoms with Crippen LogP contribution in [-0.4, -0.2) is 36.2 Å². The van der Waals surface area contributed by atoms with Crippen molar-refractivity contribution in [2.75, 3.05) is 18.1 Å². The van der Waals surface area contributed by atoms with Gasteiger partial charge in [0.2, 0.25) is 5.91 Å². The number of aliphatic hydroxyl groups excluding tert-OH is 1. The van der Waals surface area contributed by atoms with Crippen LogP contribution < -0.4 is 10.2 Å². The van der Waals surface area contributed by atoms with Gasteiger partial charge in [0.15, 0.2) is 0 Å². The maximum absolute atomic E-state index is 12.9. The number of aliphatic hydroxyl groups is 1. The number of amides is 1. The van der Waals surface area contributed by atoms with E-state index in [1.54, 1.807) is 12.1 Å². The Balaban J connectivity index is 2.27. The number of hydrogen-bond donors (Lipinski definition) is 2. The van der Waals surface area contributed by atoms with Gasteiger partial charge in [-0.1, -0.05) is 0 Å². The van der Waals surface area contributed by atoms with E-state index in [-0.39, 0.29) is 24.4 Å². The molecule has 4 nitrogen and oxygen atoms in total. The number of carbonyl (C=O) groups is 1. The van der Waals surface area contributed by atoms with E-state index < -0.39 is 6.04 Å². The lowest BCUT2D eigenvalue weighted by molar-refractivity contribution is -0.123. The third-order valence-corrected chi connectivity index (χ3v) is 3.20. The summed E-state index contributed by atoms with van der Waals surface area (Å²) in [4.78, 5) is 13.7. The summed E-state index contributed by atoms with van der Waals surface area (Å²) in [7, 11) is 0. The van der Waals surface area contributed by atoms with Crippen molar-refractivity contribution in [1.29, 1.82) is 0 Å². The van der Waals surface area contributed by atoms with Crippen LogP contribution in [0.4, 0.5) is 10.1 Å². The Morgan fingerprint density at radius 3 is 2.72 bits per heavy atom. The molecular formula is C13H17FN2O2. The van der Waals surface area contributed by atoms with Crippen LogP contribution in [0.2, 0.25) is 0 Å². The number of rotatable bonds is 2. The molecule has 0 aromatic heterocycles. The number of benzene rings is 1. The minimum Gasteiger partial charge on any atom is -0.394 e. The third kappa shape index (κ3) is 2.61. The van der Waals surface area contributed by atoms with Crippen LogP contribution in [0.3, 0.4) is 0 Å². The van der Waals surface area contributed by atoms with Crippen molar-refractivity contribution in [1.82, 2.24) is 5.32 Å². The van der Waals surface area contributed by atoms with Crippen LogP contribution >= 0.6 is 0 Å². The van der Waals surface area contributed by atoms with Gasteiger partial charge in [-0.25, -0.2) is 4.39 Å². The number of nitrogens with one attached hydrogen (secondary N) is 1. The second kappa shape index (κ2) is 5.35. The Labute approximate surface area is 105 Å². The molecule has 0 bridgehead atoms. The van der Waals surface area contributed by atoms with Gasteiger partial charge in [-0.2, -0.15) is 0 Å². The molecule has 2 unspecified atom stereocenters. The summed E-state index contributed by atoms with van der Waals surface area (Å²) in [5.41, 5.74) is 0.750. The molecule has 1 aromatic rings. The SMILES string of the molecule is CC1CCN(c2ccc(F)cc2)C(CO)C(=O)N1. The monoisotopic (exact) mass is 252 g/mol. The van der Waals surface area contributed by atoms with E-state index in [1.807, 2.05) is 11.8 Å². The molecule has 0 spiro atoms. The number of nitrogens with zero attached hydrogens (tertiary/aromatic N) is 1. The van der Waals surface area contributed by atoms with E-state index in [0.29, 0.717) is 6.54 Å². The summed E-state index contributed by atoms with van der Waals surface area (Å²) in [5, 5.41) is 12.2. The Morgan fingerprint density at radius 1 is 1.44 bits per heavy atom. The van der Waals surface area contributed by atoms with Gasteiger partial charge in [-0.3, -0.25) is 4.79 Å². The summed E-state index contributed by atoms with van der Waals surface area (Å²) < 4.78 is 12.9. The van der Waals surface area contributed by atoms with Crippen LogP contribution in [0.5, 0.6) is 0 Å². The third-order valence-electron chi connectivity index (χ3n) is 3.20. The van der Waals surface area contributed by atoms with Crippen LogP contribution in [0, 0.1) is 5.82 Å². The molecule has 5 heteroatoms. The van der Waals surface area contributed by atoms with Gasteiger partial charge in [-0.15, -0.1) is 0 Å². The Morgan fingerprint density at radius 2 is 2.11 bits per heavy atom. The maximum atomic E-state index is 12.9. The Bertz CT molecular complexity index is 422. The fourth-order valence-corrected chi connectivity index (χ4v) is 2.16. The molecule has 1 aromatic carbocycles. The van der Waals surface area contributed by atoms with Gasteiger partial charge >= 0.3 is 0 Å². The number of carbonyl (C=O) groups excluding carboxylic acids is 1. The van der Waals surface area contributed by atoms with Gasteiger partial charge in [-0.05, 0) is 37.6 Å². The van der Waals surface area contributed by atoms with E-state index in [0.717, 1.165) is 12.1 Å². The summed E-state index contributed by atoms with van der Waals surface area (Å²) in [5.74, 6) is -0.501. The zero-order chi connectivity index (χ0) is 13.1. The van der Waals surface area contributed by atoms with Gasteiger partial charge < -0.3 is 15.3 Å². The predicted octanol–water partition coefficient (Wildman–Crippen LogP) is 0.901. The first-order valence-corrected chi connectivity index (χ1v) is 6.05. The number of hydrogen-bond acceptors (Lipinski definition) is 3. The van der Waals surface area contributed by atoms with Crippen molar-refractivity contribution in [3.8, 4) is 0 Å². The molecule has 98 valence electrons. The highest BCUT2D eigenvalue weighted by Gasteiger charge is 2.29. The Hall–Kier alpha value is -1.62. The van der Waals surface area contributed by atoms with Crippen molar-refractivity contribution < 1.29 is 14.3 Å². The number of anilines is 1. The maximum Gasteiger partial charge on any atom is 0.245 e. The van der Waals surface area contributed by atoms with E-state index in [2.05, 4.69) is 5.32 Å². The minimum absolute atomic E-state index is 0.0806. The molecule has 2 atom stereocenters. The summed E-state index contributed by atoms with van der Waals surface area (Å²) in [6.45, 7) is 2.33. The minimum atomic E-state index is -0.611. The molecule has 1 fully saturated rings. The zero-order valence-electron chi connectivity index (χ0n) is 10.3. The summed E-state index contributed by atoms with van der Waals surface area (Å²) in [6.07, 6.45) is 0.791. The molecule has 2 N–H and O–H groups in total. The first-order chi connectivity index (χ1) is 8.61. The lowest BCUT2D eigenvalue weighted by Crippen LogP contribution is -2.47. The fourth-order valence-electron chi connectivity index (χ4n) is 2.16. The van der Waals surface area contributed by atoms with Gasteiger partial charge in [0.1, 0.15) is 11.9 Å². The molecule has 1 amide bonds. The molecule has 0 aliphatic carbocycles. The molecule has 18 heavy (non-hydrogen) atoms. The normalized spacial score (nSPS) is 24.6. The van der Waals surface area contributed by atoms with Crippen LogP contribution in [-0.2, 0) is 4.79 Å². The number of halogens is 1. The molecule has 2 rings (SSSR count). The van der Waals surface area contributed by atoms with Crippen LogP contribution in [0.1, 0.15) is 13.3 Å². The average Bonchev–Trinajstić information content (AvgIpc) is 2.48. The molecule has 0 saturated carbocycles. The smallest absolute Gasteiger partial charge is 0.245 e. The first-order valence-electron chi connectivity index (χ1n) is 6.05. The predicted molar refractivity (Wildman–Crippen MR) is 66.8 cm³/mol. The Kier molecular flexibility index (Phi) is 3.81. The van der Waals surface area contributed by atoms with Crippen molar-refractivity contribution in [3.63, 3.8) is 0 Å². The van der Waals surface area contributed by atoms with E-state index in [1.165, 1.54) is 12.1 Å². The first kappa shape index (κ1) is 12.8. The molecule has 1 aliphatic rings. The van der Waals surface area contributed by atoms with Gasteiger partial charge in [0, 0.05) is 18.3 Å². The standard InChI is InChI=1S/C13H17FN2O2/c1-9-6-7-16(12(8-17)13(18)15-9)11-4-2-10(14)3-5-11/h2-5,9,12,17H,6-8H2,1H3,(H,15,18). The highest BCUT2D eigenvalue weighted by Crippen LogP contribution is 2.20. The fraction of sp³-hybridized carbons (Fsp3) is 0.462. The topological polar surface area (TPSA) is 52.6 Å². The lowest BCUT2D eigenvalue weighted by atomic mass is 10.2. The van der Waals surface area contributed by atoms with Gasteiger partial charge in [0.25, 0.3) is 0 Å². The van der Waals surface area contributed by atoms with E-state index in [9.17, 15) is 14.3 Å².